The first-order chi connectivity index (χ1) is 24.4. The lowest BCUT2D eigenvalue weighted by Crippen LogP contribution is -2.57. The molecule has 1 aliphatic heterocycles. The highest BCUT2D eigenvalue weighted by molar-refractivity contribution is 7.89. The molecular formula is C38H51N5O7S. The highest BCUT2D eigenvalue weighted by Gasteiger charge is 2.41. The smallest absolute Gasteiger partial charge is 0.321 e. The molecule has 3 aromatic rings. The Balaban J connectivity index is 1.59. The maximum atomic E-state index is 14.3. The van der Waals surface area contributed by atoms with Crippen LogP contribution in [0.15, 0.2) is 88.9 Å². The lowest BCUT2D eigenvalue weighted by molar-refractivity contribution is -0.128. The molecule has 12 nitrogen and oxygen atoms in total. The second-order valence-electron chi connectivity index (χ2n) is 13.6. The van der Waals surface area contributed by atoms with E-state index in [2.05, 4.69) is 10.5 Å². The van der Waals surface area contributed by atoms with Crippen LogP contribution < -0.4 is 5.32 Å². The van der Waals surface area contributed by atoms with Gasteiger partial charge in [-0.1, -0.05) is 106 Å². The third kappa shape index (κ3) is 10.4. The summed E-state index contributed by atoms with van der Waals surface area (Å²) >= 11 is 0. The number of sulfonamides is 1. The average molecular weight is 722 g/mol. The van der Waals surface area contributed by atoms with Crippen LogP contribution in [0.5, 0.6) is 0 Å². The molecule has 4 atom stereocenters. The molecule has 1 aliphatic rings. The van der Waals surface area contributed by atoms with Crippen LogP contribution in [-0.4, -0.2) is 100 Å². The number of nitrogens with one attached hydrogen (secondary N) is 1. The van der Waals surface area contributed by atoms with E-state index in [1.165, 1.54) is 34.8 Å². The molecule has 51 heavy (non-hydrogen) atoms. The van der Waals surface area contributed by atoms with E-state index in [-0.39, 0.29) is 48.9 Å². The number of urea groups is 1. The van der Waals surface area contributed by atoms with Crippen molar-refractivity contribution >= 4 is 28.2 Å². The Morgan fingerprint density at radius 3 is 2.25 bits per heavy atom. The van der Waals surface area contributed by atoms with Gasteiger partial charge in [0.1, 0.15) is 6.04 Å². The van der Waals surface area contributed by atoms with Gasteiger partial charge in [0.2, 0.25) is 15.9 Å². The minimum absolute atomic E-state index is 0.0195. The third-order valence-corrected chi connectivity index (χ3v) is 11.1. The van der Waals surface area contributed by atoms with Crippen LogP contribution >= 0.6 is 0 Å². The second-order valence-corrected chi connectivity index (χ2v) is 15.5. The van der Waals surface area contributed by atoms with Gasteiger partial charge >= 0.3 is 6.03 Å². The Hall–Kier alpha value is -4.30. The maximum absolute atomic E-state index is 14.3. The molecule has 0 spiro atoms. The van der Waals surface area contributed by atoms with Gasteiger partial charge in [-0.05, 0) is 52.6 Å². The molecule has 276 valence electrons. The lowest BCUT2D eigenvalue weighted by atomic mass is 9.95. The minimum Gasteiger partial charge on any atom is -0.411 e. The van der Waals surface area contributed by atoms with Crippen molar-refractivity contribution < 1.29 is 33.4 Å². The van der Waals surface area contributed by atoms with Crippen LogP contribution in [0.1, 0.15) is 56.4 Å². The van der Waals surface area contributed by atoms with Gasteiger partial charge in [0, 0.05) is 32.7 Å². The molecule has 0 radical (unpaired) electrons. The molecular weight excluding hydrogens is 671 g/mol. The van der Waals surface area contributed by atoms with E-state index in [1.807, 2.05) is 82.3 Å². The van der Waals surface area contributed by atoms with Crippen molar-refractivity contribution in [2.75, 3.05) is 26.2 Å². The summed E-state index contributed by atoms with van der Waals surface area (Å²) in [5.41, 5.74) is 2.99. The SMILES string of the molecule is CC[C@H](C)[C@@H](C(=O)N[C@@H](Cc1ccccc1)[C@H](O)CN(CC(C)C)S(=O)(=O)c1ccc(/C=N/O)cc1)N1CCN(Cc2cccc(CO)c2)C1=O. The van der Waals surface area contributed by atoms with Crippen molar-refractivity contribution in [3.05, 3.63) is 101 Å². The van der Waals surface area contributed by atoms with Gasteiger partial charge in [0.15, 0.2) is 0 Å². The maximum Gasteiger partial charge on any atom is 0.321 e. The van der Waals surface area contributed by atoms with Crippen molar-refractivity contribution in [2.45, 2.75) is 76.8 Å². The zero-order valence-electron chi connectivity index (χ0n) is 29.8. The Labute approximate surface area is 301 Å². The summed E-state index contributed by atoms with van der Waals surface area (Å²) in [5, 5.41) is 36.2. The number of amides is 3. The number of hydrogen-bond acceptors (Lipinski definition) is 8. The van der Waals surface area contributed by atoms with E-state index in [0.717, 1.165) is 16.7 Å². The van der Waals surface area contributed by atoms with Crippen LogP contribution in [0.2, 0.25) is 0 Å². The van der Waals surface area contributed by atoms with Crippen molar-refractivity contribution in [2.24, 2.45) is 17.0 Å². The van der Waals surface area contributed by atoms with Crippen LogP contribution in [0.4, 0.5) is 4.79 Å². The van der Waals surface area contributed by atoms with Gasteiger partial charge in [-0.15, -0.1) is 0 Å². The van der Waals surface area contributed by atoms with Crippen LogP contribution in [0.25, 0.3) is 0 Å². The molecule has 1 heterocycles. The van der Waals surface area contributed by atoms with Crippen LogP contribution in [0.3, 0.4) is 0 Å². The van der Waals surface area contributed by atoms with E-state index in [1.54, 1.807) is 9.80 Å². The monoisotopic (exact) mass is 721 g/mol. The highest BCUT2D eigenvalue weighted by Crippen LogP contribution is 2.24. The van der Waals surface area contributed by atoms with Gasteiger partial charge in [0.05, 0.1) is 29.9 Å². The van der Waals surface area contributed by atoms with Gasteiger partial charge in [-0.3, -0.25) is 4.79 Å². The lowest BCUT2D eigenvalue weighted by Gasteiger charge is -2.35. The van der Waals surface area contributed by atoms with E-state index in [0.29, 0.717) is 31.6 Å². The van der Waals surface area contributed by atoms with E-state index >= 15 is 0 Å². The Morgan fingerprint density at radius 1 is 0.961 bits per heavy atom. The number of carbonyl (C=O) groups excluding carboxylic acids is 2. The normalized spacial score (nSPS) is 16.2. The molecule has 4 rings (SSSR count). The Kier molecular flexibility index (Phi) is 14.1. The summed E-state index contributed by atoms with van der Waals surface area (Å²) in [6, 6.07) is 20.7. The molecule has 0 aromatic heterocycles. The topological polar surface area (TPSA) is 163 Å². The summed E-state index contributed by atoms with van der Waals surface area (Å²) in [7, 11) is -4.07. The summed E-state index contributed by atoms with van der Waals surface area (Å²) in [4.78, 5) is 31.3. The number of hydrogen-bond donors (Lipinski definition) is 4. The number of aliphatic hydroxyl groups is 2. The number of nitrogens with zero attached hydrogens (tertiary/aromatic N) is 4. The van der Waals surface area contributed by atoms with Gasteiger partial charge in [-0.2, -0.15) is 4.31 Å². The van der Waals surface area contributed by atoms with Crippen LogP contribution in [-0.2, 0) is 34.4 Å². The largest absolute Gasteiger partial charge is 0.411 e. The van der Waals surface area contributed by atoms with Crippen molar-refractivity contribution in [3.63, 3.8) is 0 Å². The van der Waals surface area contributed by atoms with Crippen molar-refractivity contribution in [1.82, 2.24) is 19.4 Å². The quantitative estimate of drug-likeness (QED) is 0.0874. The zero-order chi connectivity index (χ0) is 37.1. The molecule has 1 saturated heterocycles. The summed E-state index contributed by atoms with van der Waals surface area (Å²) in [5.74, 6) is -0.695. The van der Waals surface area contributed by atoms with Gasteiger partial charge in [0.25, 0.3) is 0 Å². The minimum atomic E-state index is -4.07. The second kappa shape index (κ2) is 18.3. The zero-order valence-corrected chi connectivity index (χ0v) is 30.6. The Morgan fingerprint density at radius 2 is 1.63 bits per heavy atom. The molecule has 4 N–H and O–H groups in total. The first kappa shape index (κ1) is 39.5. The number of carbonyl (C=O) groups is 2. The molecule has 3 amide bonds. The van der Waals surface area contributed by atoms with Gasteiger partial charge in [-0.25, -0.2) is 13.2 Å². The van der Waals surface area contributed by atoms with Gasteiger partial charge < -0.3 is 30.5 Å². The fourth-order valence-corrected chi connectivity index (χ4v) is 7.98. The number of aliphatic hydroxyl groups excluding tert-OH is 2. The van der Waals surface area contributed by atoms with E-state index in [4.69, 9.17) is 5.21 Å². The molecule has 13 heteroatoms. The number of rotatable bonds is 18. The predicted molar refractivity (Wildman–Crippen MR) is 196 cm³/mol. The molecule has 1 fully saturated rings. The molecule has 0 aliphatic carbocycles. The first-order valence-corrected chi connectivity index (χ1v) is 18.9. The first-order valence-electron chi connectivity index (χ1n) is 17.4. The standard InChI is InChI=1S/C38H51N5O7S/c1-5-28(4)36(43-19-18-41(38(43)47)24-31-12-9-13-32(20-31)26-44)37(46)40-34(21-29-10-7-6-8-11-29)35(45)25-42(23-27(2)3)51(49,50)33-16-14-30(15-17-33)22-39-48/h6-17,20,22,27-28,34-36,44-45,48H,5,18-19,21,23-26H2,1-4H3,(H,40,46)/b39-22+/t28-,34-,35+,36-/m0/s1. The number of benzene rings is 3. The average Bonchev–Trinajstić information content (AvgIpc) is 3.46. The highest BCUT2D eigenvalue weighted by atomic mass is 32.2. The van der Waals surface area contributed by atoms with Crippen molar-refractivity contribution in [3.8, 4) is 0 Å². The summed E-state index contributed by atoms with van der Waals surface area (Å²) in [6.07, 6.45) is 0.744. The summed E-state index contributed by atoms with van der Waals surface area (Å²) in [6.45, 7) is 8.49. The molecule has 0 bridgehead atoms. The van der Waals surface area contributed by atoms with Crippen LogP contribution in [0, 0.1) is 11.8 Å². The Bertz CT molecular complexity index is 1720. The van der Waals surface area contributed by atoms with Crippen molar-refractivity contribution in [1.29, 1.82) is 0 Å². The fourth-order valence-electron chi connectivity index (χ4n) is 6.36. The molecule has 0 saturated carbocycles. The van der Waals surface area contributed by atoms with E-state index in [9.17, 15) is 28.2 Å². The third-order valence-electron chi connectivity index (χ3n) is 9.24. The molecule has 0 unspecified atom stereocenters. The fraction of sp³-hybridized carbons (Fsp3) is 0.447. The number of oxime groups is 1. The molecule has 3 aromatic carbocycles. The van der Waals surface area contributed by atoms with E-state index < -0.39 is 34.1 Å². The predicted octanol–water partition coefficient (Wildman–Crippen LogP) is 4.07. The summed E-state index contributed by atoms with van der Waals surface area (Å²) < 4.78 is 29.0.